The summed E-state index contributed by atoms with van der Waals surface area (Å²) in [4.78, 5) is 20.6. The molecular formula is C33H28F3N3O4. The Kier molecular flexibility index (Phi) is 7.86. The maximum atomic E-state index is 15.5. The second-order valence-electron chi connectivity index (χ2n) is 10.6. The van der Waals surface area contributed by atoms with Crippen LogP contribution < -0.4 is 4.74 Å². The molecule has 0 bridgehead atoms. The Balaban J connectivity index is 1.29. The van der Waals surface area contributed by atoms with Crippen molar-refractivity contribution < 1.29 is 32.5 Å². The molecule has 0 radical (unpaired) electrons. The zero-order valence-electron chi connectivity index (χ0n) is 23.3. The first kappa shape index (κ1) is 28.4. The fourth-order valence-electron chi connectivity index (χ4n) is 5.41. The van der Waals surface area contributed by atoms with Crippen molar-refractivity contribution in [2.24, 2.45) is 0 Å². The molecule has 3 heterocycles. The van der Waals surface area contributed by atoms with Crippen LogP contribution in [0.2, 0.25) is 0 Å². The van der Waals surface area contributed by atoms with Crippen LogP contribution in [0.5, 0.6) is 5.88 Å². The zero-order chi connectivity index (χ0) is 30.1. The molecule has 0 aliphatic carbocycles. The molecule has 7 nitrogen and oxygen atoms in total. The molecule has 0 atom stereocenters. The number of carbonyl (C=O) groups is 1. The third-order valence-corrected chi connectivity index (χ3v) is 7.63. The van der Waals surface area contributed by atoms with Gasteiger partial charge in [-0.05, 0) is 73.4 Å². The first-order valence-electron chi connectivity index (χ1n) is 13.9. The van der Waals surface area contributed by atoms with Crippen LogP contribution in [0.1, 0.15) is 51.8 Å². The lowest BCUT2D eigenvalue weighted by Crippen LogP contribution is -2.21. The zero-order valence-corrected chi connectivity index (χ0v) is 23.3. The highest BCUT2D eigenvalue weighted by Gasteiger charge is 2.24. The number of aryl methyl sites for hydroxylation is 1. The number of imidazole rings is 1. The summed E-state index contributed by atoms with van der Waals surface area (Å²) in [5.74, 6) is -2.11. The Morgan fingerprint density at radius 1 is 0.953 bits per heavy atom. The van der Waals surface area contributed by atoms with Crippen molar-refractivity contribution in [1.82, 2.24) is 14.5 Å². The summed E-state index contributed by atoms with van der Waals surface area (Å²) in [6, 6.07) is 16.4. The van der Waals surface area contributed by atoms with Crippen LogP contribution in [0.25, 0.3) is 22.3 Å². The molecule has 1 aliphatic rings. The van der Waals surface area contributed by atoms with Crippen molar-refractivity contribution in [3.05, 3.63) is 112 Å². The van der Waals surface area contributed by atoms with E-state index in [2.05, 4.69) is 9.97 Å². The van der Waals surface area contributed by atoms with Gasteiger partial charge in [0.1, 0.15) is 29.9 Å². The topological polar surface area (TPSA) is 86.5 Å². The van der Waals surface area contributed by atoms with Gasteiger partial charge < -0.3 is 19.1 Å². The molecule has 1 aliphatic heterocycles. The summed E-state index contributed by atoms with van der Waals surface area (Å²) in [6.07, 6.45) is 1.37. The summed E-state index contributed by atoms with van der Waals surface area (Å²) in [5.41, 5.74) is 2.70. The van der Waals surface area contributed by atoms with Gasteiger partial charge in [0.05, 0.1) is 22.3 Å². The number of pyridine rings is 1. The Bertz CT molecular complexity index is 1830. The highest BCUT2D eigenvalue weighted by Crippen LogP contribution is 2.32. The number of ether oxygens (including phenoxy) is 2. The van der Waals surface area contributed by atoms with Gasteiger partial charge in [-0.15, -0.1) is 0 Å². The number of fused-ring (bicyclic) bond motifs is 1. The van der Waals surface area contributed by atoms with Crippen molar-refractivity contribution in [3.8, 4) is 17.1 Å². The van der Waals surface area contributed by atoms with Crippen LogP contribution in [0.4, 0.5) is 13.2 Å². The molecule has 1 N–H and O–H groups in total. The predicted molar refractivity (Wildman–Crippen MR) is 154 cm³/mol. The smallest absolute Gasteiger partial charge is 0.335 e. The highest BCUT2D eigenvalue weighted by molar-refractivity contribution is 5.92. The highest BCUT2D eigenvalue weighted by atomic mass is 19.1. The van der Waals surface area contributed by atoms with Gasteiger partial charge >= 0.3 is 5.97 Å². The van der Waals surface area contributed by atoms with E-state index < -0.39 is 23.4 Å². The van der Waals surface area contributed by atoms with Crippen LogP contribution in [-0.2, 0) is 17.8 Å². The molecule has 0 unspecified atom stereocenters. The molecule has 5 aromatic rings. The number of hydrogen-bond donors (Lipinski definition) is 1. The monoisotopic (exact) mass is 587 g/mol. The first-order chi connectivity index (χ1) is 20.8. The van der Waals surface area contributed by atoms with Gasteiger partial charge in [-0.25, -0.2) is 27.9 Å². The van der Waals surface area contributed by atoms with E-state index in [1.807, 2.05) is 4.57 Å². The lowest BCUT2D eigenvalue weighted by atomic mass is 10.0. The lowest BCUT2D eigenvalue weighted by Gasteiger charge is -2.26. The maximum Gasteiger partial charge on any atom is 0.335 e. The number of rotatable bonds is 8. The molecule has 220 valence electrons. The molecule has 43 heavy (non-hydrogen) atoms. The van der Waals surface area contributed by atoms with Crippen LogP contribution >= 0.6 is 0 Å². The summed E-state index contributed by atoms with van der Waals surface area (Å²) < 4.78 is 58.3. The number of halogens is 3. The third kappa shape index (κ3) is 5.96. The van der Waals surface area contributed by atoms with Crippen LogP contribution in [0, 0.1) is 24.4 Å². The van der Waals surface area contributed by atoms with Crippen LogP contribution in [-0.4, -0.2) is 38.8 Å². The number of carboxylic acid groups (broad SMARTS) is 1. The van der Waals surface area contributed by atoms with Crippen molar-refractivity contribution in [1.29, 1.82) is 0 Å². The van der Waals surface area contributed by atoms with Crippen LogP contribution in [0.15, 0.2) is 66.7 Å². The minimum absolute atomic E-state index is 0.00380. The van der Waals surface area contributed by atoms with Crippen molar-refractivity contribution in [3.63, 3.8) is 0 Å². The second-order valence-corrected chi connectivity index (χ2v) is 10.6. The van der Waals surface area contributed by atoms with Gasteiger partial charge in [0.15, 0.2) is 0 Å². The van der Waals surface area contributed by atoms with E-state index in [0.29, 0.717) is 48.5 Å². The van der Waals surface area contributed by atoms with E-state index in [4.69, 9.17) is 9.47 Å². The van der Waals surface area contributed by atoms with Gasteiger partial charge in [-0.2, -0.15) is 0 Å². The molecule has 10 heteroatoms. The number of hydrogen-bond acceptors (Lipinski definition) is 5. The Hall–Kier alpha value is -4.70. The van der Waals surface area contributed by atoms with E-state index >= 15 is 8.78 Å². The van der Waals surface area contributed by atoms with Crippen LogP contribution in [0.3, 0.4) is 0 Å². The largest absolute Gasteiger partial charge is 0.478 e. The summed E-state index contributed by atoms with van der Waals surface area (Å²) >= 11 is 0. The van der Waals surface area contributed by atoms with Gasteiger partial charge in [0, 0.05) is 42.9 Å². The van der Waals surface area contributed by atoms with Gasteiger partial charge in [0.25, 0.3) is 0 Å². The maximum absolute atomic E-state index is 15.5. The van der Waals surface area contributed by atoms with E-state index in [9.17, 15) is 14.3 Å². The van der Waals surface area contributed by atoms with Gasteiger partial charge in [-0.1, -0.05) is 18.2 Å². The second kappa shape index (κ2) is 11.9. The number of carboxylic acids is 1. The Morgan fingerprint density at radius 2 is 1.74 bits per heavy atom. The van der Waals surface area contributed by atoms with E-state index in [1.54, 1.807) is 49.4 Å². The van der Waals surface area contributed by atoms with Crippen molar-refractivity contribution in [2.75, 3.05) is 13.2 Å². The quantitative estimate of drug-likeness (QED) is 0.210. The van der Waals surface area contributed by atoms with Gasteiger partial charge in [0.2, 0.25) is 5.88 Å². The number of nitrogens with zero attached hydrogens (tertiary/aromatic N) is 3. The lowest BCUT2D eigenvalue weighted by molar-refractivity contribution is 0.0690. The fourth-order valence-corrected chi connectivity index (χ4v) is 5.41. The molecule has 1 fully saturated rings. The average molecular weight is 588 g/mol. The molecule has 0 saturated carbocycles. The minimum atomic E-state index is -1.06. The molecule has 3 aromatic carbocycles. The van der Waals surface area contributed by atoms with E-state index in [-0.39, 0.29) is 47.3 Å². The molecule has 2 aromatic heterocycles. The number of benzene rings is 3. The van der Waals surface area contributed by atoms with E-state index in [1.165, 1.54) is 12.1 Å². The third-order valence-electron chi connectivity index (χ3n) is 7.63. The molecule has 0 amide bonds. The normalized spacial score (nSPS) is 13.9. The Labute approximate surface area is 245 Å². The predicted octanol–water partition coefficient (Wildman–Crippen LogP) is 7.04. The minimum Gasteiger partial charge on any atom is -0.478 e. The molecule has 1 saturated heterocycles. The number of aromatic carboxylic acids is 1. The standard InChI is InChI=1S/C33H28F3N3O4/c1-19-5-6-21(25(34)13-19)18-43-32-4-2-3-28(38-32)24-17-26(35)22(14-27(24)36)16-31-37-29-8-7-20(33(40)41)15-30(29)39(31)23-9-11-42-12-10-23/h2-8,13-15,17,23H,9-12,16,18H2,1H3,(H,40,41). The summed E-state index contributed by atoms with van der Waals surface area (Å²) in [5, 5.41) is 9.52. The fraction of sp³-hybridized carbons (Fsp3) is 0.242. The van der Waals surface area contributed by atoms with Gasteiger partial charge in [-0.3, -0.25) is 0 Å². The van der Waals surface area contributed by atoms with E-state index in [0.717, 1.165) is 17.7 Å². The Morgan fingerprint density at radius 3 is 2.51 bits per heavy atom. The number of aromatic nitrogens is 3. The van der Waals surface area contributed by atoms with Crippen molar-refractivity contribution in [2.45, 2.75) is 38.8 Å². The summed E-state index contributed by atoms with van der Waals surface area (Å²) in [7, 11) is 0. The first-order valence-corrected chi connectivity index (χ1v) is 13.9. The average Bonchev–Trinajstić information content (AvgIpc) is 3.36. The summed E-state index contributed by atoms with van der Waals surface area (Å²) in [6.45, 7) is 2.79. The molecule has 0 spiro atoms. The SMILES string of the molecule is Cc1ccc(COc2cccc(-c3cc(F)c(Cc4nc5ccc(C(=O)O)cc5n4C4CCOCC4)cc3F)n2)c(F)c1. The molecular weight excluding hydrogens is 559 g/mol. The van der Waals surface area contributed by atoms with Crippen molar-refractivity contribution >= 4 is 17.0 Å². The molecule has 6 rings (SSSR count).